The van der Waals surface area contributed by atoms with E-state index >= 15 is 0 Å². The third kappa shape index (κ3) is 6.08. The van der Waals surface area contributed by atoms with E-state index in [0.717, 1.165) is 19.3 Å². The topological polar surface area (TPSA) is 55.6 Å². The number of hydrogen-bond acceptors (Lipinski definition) is 3. The highest BCUT2D eigenvalue weighted by atomic mass is 16.5. The smallest absolute Gasteiger partial charge is 0.222 e. The predicted molar refractivity (Wildman–Crippen MR) is 66.2 cm³/mol. The van der Waals surface area contributed by atoms with Gasteiger partial charge in [-0.2, -0.15) is 0 Å². The molecule has 0 aromatic rings. The van der Waals surface area contributed by atoms with Crippen molar-refractivity contribution < 1.29 is 9.53 Å². The van der Waals surface area contributed by atoms with E-state index < -0.39 is 0 Å². The van der Waals surface area contributed by atoms with Crippen LogP contribution in [0.25, 0.3) is 0 Å². The fourth-order valence-corrected chi connectivity index (χ4v) is 1.57. The average Bonchev–Trinajstić information content (AvgIpc) is 2.29. The molecule has 0 fully saturated rings. The molecule has 0 aliphatic heterocycles. The third-order valence-electron chi connectivity index (χ3n) is 2.82. The van der Waals surface area contributed by atoms with E-state index in [1.54, 1.807) is 7.11 Å². The van der Waals surface area contributed by atoms with Gasteiger partial charge in [0, 0.05) is 26.1 Å². The van der Waals surface area contributed by atoms with Crippen LogP contribution in [0.5, 0.6) is 0 Å². The van der Waals surface area contributed by atoms with Crippen LogP contribution < -0.4 is 5.73 Å². The fourth-order valence-electron chi connectivity index (χ4n) is 1.57. The van der Waals surface area contributed by atoms with Gasteiger partial charge in [0.05, 0.1) is 6.61 Å². The summed E-state index contributed by atoms with van der Waals surface area (Å²) in [7, 11) is 1.66. The number of unbranched alkanes of at least 4 members (excludes halogenated alkanes) is 1. The van der Waals surface area contributed by atoms with Crippen LogP contribution in [-0.2, 0) is 9.53 Å². The van der Waals surface area contributed by atoms with Crippen LogP contribution in [0, 0.1) is 0 Å². The molecule has 0 saturated carbocycles. The molecule has 0 spiro atoms. The monoisotopic (exact) mass is 230 g/mol. The first-order valence-corrected chi connectivity index (χ1v) is 6.15. The second kappa shape index (κ2) is 9.60. The van der Waals surface area contributed by atoms with Gasteiger partial charge in [-0.15, -0.1) is 0 Å². The van der Waals surface area contributed by atoms with Crippen molar-refractivity contribution in [2.75, 3.05) is 26.8 Å². The maximum Gasteiger partial charge on any atom is 0.222 e. The molecular formula is C12H26N2O2. The number of ether oxygens (including phenoxy) is 1. The highest BCUT2D eigenvalue weighted by Crippen LogP contribution is 2.08. The van der Waals surface area contributed by atoms with E-state index in [1.807, 2.05) is 4.90 Å². The van der Waals surface area contributed by atoms with Gasteiger partial charge in [0.2, 0.25) is 5.91 Å². The van der Waals surface area contributed by atoms with Crippen molar-refractivity contribution in [3.8, 4) is 0 Å². The SMILES string of the molecule is CCC(C)N(CCOC)C(=O)CCCCN. The number of nitrogens with two attached hydrogens (primary N) is 1. The van der Waals surface area contributed by atoms with Crippen LogP contribution in [0.1, 0.15) is 39.5 Å². The van der Waals surface area contributed by atoms with Crippen molar-refractivity contribution in [1.82, 2.24) is 4.90 Å². The summed E-state index contributed by atoms with van der Waals surface area (Å²) < 4.78 is 5.03. The van der Waals surface area contributed by atoms with Gasteiger partial charge in [-0.1, -0.05) is 6.92 Å². The lowest BCUT2D eigenvalue weighted by atomic mass is 10.1. The first-order valence-electron chi connectivity index (χ1n) is 6.15. The van der Waals surface area contributed by atoms with Crippen LogP contribution in [0.3, 0.4) is 0 Å². The van der Waals surface area contributed by atoms with E-state index in [1.165, 1.54) is 0 Å². The van der Waals surface area contributed by atoms with Gasteiger partial charge in [0.15, 0.2) is 0 Å². The van der Waals surface area contributed by atoms with Crippen LogP contribution in [0.2, 0.25) is 0 Å². The lowest BCUT2D eigenvalue weighted by Crippen LogP contribution is -2.40. The van der Waals surface area contributed by atoms with E-state index in [2.05, 4.69) is 13.8 Å². The Hall–Kier alpha value is -0.610. The molecule has 0 aliphatic rings. The van der Waals surface area contributed by atoms with Crippen LogP contribution in [0.15, 0.2) is 0 Å². The molecule has 4 heteroatoms. The number of carbonyl (C=O) groups is 1. The van der Waals surface area contributed by atoms with Gasteiger partial charge in [-0.25, -0.2) is 0 Å². The molecule has 0 aromatic heterocycles. The molecule has 0 aromatic carbocycles. The van der Waals surface area contributed by atoms with Gasteiger partial charge < -0.3 is 15.4 Å². The summed E-state index contributed by atoms with van der Waals surface area (Å²) in [6.45, 7) is 6.13. The van der Waals surface area contributed by atoms with E-state index in [-0.39, 0.29) is 5.91 Å². The Labute approximate surface area is 99.1 Å². The number of nitrogens with zero attached hydrogens (tertiary/aromatic N) is 1. The minimum atomic E-state index is 0.222. The Morgan fingerprint density at radius 1 is 1.44 bits per heavy atom. The van der Waals surface area contributed by atoms with Gasteiger partial charge in [-0.3, -0.25) is 4.79 Å². The van der Waals surface area contributed by atoms with Crippen LogP contribution in [-0.4, -0.2) is 43.7 Å². The number of carbonyl (C=O) groups excluding carboxylic acids is 1. The zero-order valence-electron chi connectivity index (χ0n) is 10.9. The zero-order valence-corrected chi connectivity index (χ0v) is 10.9. The van der Waals surface area contributed by atoms with Gasteiger partial charge in [0.25, 0.3) is 0 Å². The summed E-state index contributed by atoms with van der Waals surface area (Å²) in [5.74, 6) is 0.222. The van der Waals surface area contributed by atoms with Crippen molar-refractivity contribution >= 4 is 5.91 Å². The molecule has 0 rings (SSSR count). The fraction of sp³-hybridized carbons (Fsp3) is 0.917. The predicted octanol–water partition coefficient (Wildman–Crippen LogP) is 1.39. The second-order valence-corrected chi connectivity index (χ2v) is 4.08. The molecule has 1 atom stereocenters. The Balaban J connectivity index is 4.09. The molecule has 0 saturated heterocycles. The number of rotatable bonds is 9. The Bertz CT molecular complexity index is 186. The van der Waals surface area contributed by atoms with Crippen molar-refractivity contribution in [3.63, 3.8) is 0 Å². The molecular weight excluding hydrogens is 204 g/mol. The zero-order chi connectivity index (χ0) is 12.4. The molecule has 96 valence electrons. The van der Waals surface area contributed by atoms with Crippen molar-refractivity contribution in [2.45, 2.75) is 45.6 Å². The lowest BCUT2D eigenvalue weighted by Gasteiger charge is -2.28. The minimum absolute atomic E-state index is 0.222. The maximum absolute atomic E-state index is 12.0. The molecule has 2 N–H and O–H groups in total. The molecule has 0 bridgehead atoms. The Morgan fingerprint density at radius 2 is 2.12 bits per heavy atom. The molecule has 0 heterocycles. The first-order chi connectivity index (χ1) is 7.67. The van der Waals surface area contributed by atoms with Gasteiger partial charge in [0.1, 0.15) is 0 Å². The second-order valence-electron chi connectivity index (χ2n) is 4.08. The van der Waals surface area contributed by atoms with Crippen molar-refractivity contribution in [1.29, 1.82) is 0 Å². The maximum atomic E-state index is 12.0. The molecule has 1 amide bonds. The Morgan fingerprint density at radius 3 is 2.62 bits per heavy atom. The summed E-state index contributed by atoms with van der Waals surface area (Å²) >= 11 is 0. The average molecular weight is 230 g/mol. The quantitative estimate of drug-likeness (QED) is 0.609. The summed E-state index contributed by atoms with van der Waals surface area (Å²) in [5, 5.41) is 0. The lowest BCUT2D eigenvalue weighted by molar-refractivity contribution is -0.134. The normalized spacial score (nSPS) is 12.5. The van der Waals surface area contributed by atoms with E-state index in [0.29, 0.717) is 32.2 Å². The van der Waals surface area contributed by atoms with Crippen LogP contribution in [0.4, 0.5) is 0 Å². The van der Waals surface area contributed by atoms with Crippen molar-refractivity contribution in [3.05, 3.63) is 0 Å². The van der Waals surface area contributed by atoms with Gasteiger partial charge in [-0.05, 0) is 32.7 Å². The highest BCUT2D eigenvalue weighted by molar-refractivity contribution is 5.76. The summed E-state index contributed by atoms with van der Waals surface area (Å²) in [5.41, 5.74) is 5.41. The number of hydrogen-bond donors (Lipinski definition) is 1. The number of methoxy groups -OCH3 is 1. The molecule has 16 heavy (non-hydrogen) atoms. The summed E-state index contributed by atoms with van der Waals surface area (Å²) in [6, 6.07) is 0.292. The molecule has 0 aliphatic carbocycles. The van der Waals surface area contributed by atoms with Gasteiger partial charge >= 0.3 is 0 Å². The van der Waals surface area contributed by atoms with Crippen LogP contribution >= 0.6 is 0 Å². The standard InChI is InChI=1S/C12H26N2O2/c1-4-11(2)14(9-10-16-3)12(15)7-5-6-8-13/h11H,4-10,13H2,1-3H3. The number of amides is 1. The molecule has 1 unspecified atom stereocenters. The molecule has 0 radical (unpaired) electrons. The largest absolute Gasteiger partial charge is 0.383 e. The summed E-state index contributed by atoms with van der Waals surface area (Å²) in [6.07, 6.45) is 3.39. The van der Waals surface area contributed by atoms with Crippen molar-refractivity contribution in [2.24, 2.45) is 5.73 Å². The minimum Gasteiger partial charge on any atom is -0.383 e. The molecule has 4 nitrogen and oxygen atoms in total. The van der Waals surface area contributed by atoms with E-state index in [9.17, 15) is 4.79 Å². The Kier molecular flexibility index (Phi) is 9.24. The third-order valence-corrected chi connectivity index (χ3v) is 2.82. The highest BCUT2D eigenvalue weighted by Gasteiger charge is 2.17. The van der Waals surface area contributed by atoms with E-state index in [4.69, 9.17) is 10.5 Å². The summed E-state index contributed by atoms with van der Waals surface area (Å²) in [4.78, 5) is 13.9. The first kappa shape index (κ1) is 15.4.